The van der Waals surface area contributed by atoms with E-state index >= 15 is 0 Å². The Morgan fingerprint density at radius 2 is 1.85 bits per heavy atom. The molecule has 3 aliphatic rings. The van der Waals surface area contributed by atoms with Crippen molar-refractivity contribution in [2.45, 2.75) is 50.0 Å². The third kappa shape index (κ3) is 4.28. The Labute approximate surface area is 233 Å². The van der Waals surface area contributed by atoms with Crippen molar-refractivity contribution < 1.29 is 29.0 Å². The minimum absolute atomic E-state index is 0.0378. The second-order valence-corrected chi connectivity index (χ2v) is 11.2. The van der Waals surface area contributed by atoms with Crippen molar-refractivity contribution in [3.8, 4) is 34.4 Å². The molecule has 2 saturated carbocycles. The molecule has 2 fully saturated rings. The maximum absolute atomic E-state index is 11.5. The Morgan fingerprint density at radius 3 is 2.54 bits per heavy atom. The van der Waals surface area contributed by atoms with Gasteiger partial charge in [-0.05, 0) is 68.0 Å². The van der Waals surface area contributed by atoms with Crippen molar-refractivity contribution in [2.24, 2.45) is 0 Å². The summed E-state index contributed by atoms with van der Waals surface area (Å²) < 4.78 is 18.1. The summed E-state index contributed by atoms with van der Waals surface area (Å²) >= 11 is 12.9. The first-order valence-electron chi connectivity index (χ1n) is 12.7. The van der Waals surface area contributed by atoms with Crippen LogP contribution in [-0.2, 0) is 18.4 Å². The highest BCUT2D eigenvalue weighted by atomic mass is 35.5. The Kier molecular flexibility index (Phi) is 5.54. The number of aromatic hydroxyl groups is 1. The predicted octanol–water partition coefficient (Wildman–Crippen LogP) is 7.28. The van der Waals surface area contributed by atoms with Crippen molar-refractivity contribution in [3.63, 3.8) is 0 Å². The first-order valence-corrected chi connectivity index (χ1v) is 13.4. The number of nitrogens with zero attached hydrogens (tertiary/aromatic N) is 2. The van der Waals surface area contributed by atoms with Gasteiger partial charge in [0.15, 0.2) is 0 Å². The normalized spacial score (nSPS) is 16.7. The van der Waals surface area contributed by atoms with Gasteiger partial charge in [0, 0.05) is 23.0 Å². The van der Waals surface area contributed by atoms with E-state index in [2.05, 4.69) is 5.16 Å². The minimum Gasteiger partial charge on any atom is -0.508 e. The summed E-state index contributed by atoms with van der Waals surface area (Å²) in [5, 5.41) is 24.1. The largest absolute Gasteiger partial charge is 0.508 e. The number of aromatic nitrogens is 2. The SMILES string of the molecule is O=C(O)c1ccc2c(c1)Oc1ccc(OCc3c(-c4c(Cl)cc(O)cc4Cl)noc3C3CC3)nc1C1(CC1)C2. The number of carbonyl (C=O) groups is 1. The lowest BCUT2D eigenvalue weighted by atomic mass is 9.92. The van der Waals surface area contributed by atoms with Crippen LogP contribution in [0.5, 0.6) is 23.1 Å². The van der Waals surface area contributed by atoms with Gasteiger partial charge in [-0.2, -0.15) is 0 Å². The number of phenolic OH excluding ortho intramolecular Hbond substituents is 1. The molecule has 10 heteroatoms. The minimum atomic E-state index is -0.998. The number of phenols is 1. The van der Waals surface area contributed by atoms with Gasteiger partial charge in [-0.25, -0.2) is 9.78 Å². The Balaban J connectivity index is 1.21. The van der Waals surface area contributed by atoms with Gasteiger partial charge in [0.1, 0.15) is 35.3 Å². The summed E-state index contributed by atoms with van der Waals surface area (Å²) in [7, 11) is 0. The van der Waals surface area contributed by atoms with E-state index in [1.807, 2.05) is 12.1 Å². The van der Waals surface area contributed by atoms with Gasteiger partial charge in [0.25, 0.3) is 0 Å². The van der Waals surface area contributed by atoms with Crippen LogP contribution in [0.3, 0.4) is 0 Å². The fourth-order valence-electron chi connectivity index (χ4n) is 5.29. The standard InChI is InChI=1S/C29H22Cl2N2O6/c30-19-10-17(34)11-20(31)24(19)25-18(26(39-33-25)14-1-2-14)13-37-23-6-5-21-27(32-23)29(7-8-29)12-16-4-3-15(28(35)36)9-22(16)38-21/h3-6,9-11,14,34H,1-2,7-8,12-13H2,(H,35,36). The number of rotatable bonds is 6. The zero-order valence-electron chi connectivity index (χ0n) is 20.5. The summed E-state index contributed by atoms with van der Waals surface area (Å²) in [4.78, 5) is 16.4. The summed E-state index contributed by atoms with van der Waals surface area (Å²) in [6.45, 7) is 0.139. The quantitative estimate of drug-likeness (QED) is 0.251. The molecule has 39 heavy (non-hydrogen) atoms. The molecule has 0 bridgehead atoms. The van der Waals surface area contributed by atoms with Gasteiger partial charge in [-0.3, -0.25) is 0 Å². The first-order chi connectivity index (χ1) is 18.8. The third-order valence-corrected chi connectivity index (χ3v) is 8.24. The zero-order chi connectivity index (χ0) is 26.9. The smallest absolute Gasteiger partial charge is 0.335 e. The molecule has 3 heterocycles. The van der Waals surface area contributed by atoms with Crippen LogP contribution in [0.1, 0.15) is 64.5 Å². The van der Waals surface area contributed by atoms with Gasteiger partial charge in [0.2, 0.25) is 5.88 Å². The van der Waals surface area contributed by atoms with Crippen LogP contribution in [-0.4, -0.2) is 26.3 Å². The number of ether oxygens (including phenoxy) is 2. The number of halogens is 2. The Hall–Kier alpha value is -3.75. The molecule has 8 nitrogen and oxygen atoms in total. The average molecular weight is 565 g/mol. The molecule has 7 rings (SSSR count). The highest BCUT2D eigenvalue weighted by Gasteiger charge is 2.49. The lowest BCUT2D eigenvalue weighted by molar-refractivity contribution is 0.0696. The molecule has 2 N–H and O–H groups in total. The number of fused-ring (bicyclic) bond motifs is 3. The third-order valence-electron chi connectivity index (χ3n) is 7.65. The Morgan fingerprint density at radius 1 is 1.08 bits per heavy atom. The van der Waals surface area contributed by atoms with Crippen LogP contribution < -0.4 is 9.47 Å². The van der Waals surface area contributed by atoms with Crippen molar-refractivity contribution in [1.29, 1.82) is 0 Å². The summed E-state index contributed by atoms with van der Waals surface area (Å²) in [5.74, 6) is 1.54. The highest BCUT2D eigenvalue weighted by molar-refractivity contribution is 6.39. The molecule has 198 valence electrons. The van der Waals surface area contributed by atoms with Gasteiger partial charge < -0.3 is 24.2 Å². The zero-order valence-corrected chi connectivity index (χ0v) is 22.1. The van der Waals surface area contributed by atoms with Crippen LogP contribution in [0, 0.1) is 0 Å². The van der Waals surface area contributed by atoms with Crippen LogP contribution in [0.25, 0.3) is 11.3 Å². The second-order valence-electron chi connectivity index (χ2n) is 10.4. The molecule has 0 saturated heterocycles. The van der Waals surface area contributed by atoms with E-state index in [0.29, 0.717) is 35.1 Å². The Bertz CT molecular complexity index is 1630. The molecule has 4 aromatic rings. The number of hydrogen-bond donors (Lipinski definition) is 2. The molecule has 2 aliphatic carbocycles. The second kappa shape index (κ2) is 8.89. The average Bonchev–Trinajstić information content (AvgIpc) is 3.83. The van der Waals surface area contributed by atoms with Crippen molar-refractivity contribution in [1.82, 2.24) is 10.1 Å². The summed E-state index contributed by atoms with van der Waals surface area (Å²) in [5.41, 5.74) is 3.49. The number of hydrogen-bond acceptors (Lipinski definition) is 7. The molecule has 2 aromatic carbocycles. The van der Waals surface area contributed by atoms with Crippen molar-refractivity contribution in [3.05, 3.63) is 80.7 Å². The lowest BCUT2D eigenvalue weighted by Crippen LogP contribution is -2.12. The summed E-state index contributed by atoms with van der Waals surface area (Å²) in [6, 6.07) is 11.4. The van der Waals surface area contributed by atoms with Gasteiger partial charge in [0.05, 0.1) is 26.9 Å². The fourth-order valence-corrected chi connectivity index (χ4v) is 5.94. The number of benzene rings is 2. The lowest BCUT2D eigenvalue weighted by Gasteiger charge is -2.15. The van der Waals surface area contributed by atoms with Crippen LogP contribution in [0.2, 0.25) is 10.0 Å². The van der Waals surface area contributed by atoms with E-state index in [4.69, 9.17) is 42.2 Å². The molecular formula is C29H22Cl2N2O6. The monoisotopic (exact) mass is 564 g/mol. The van der Waals surface area contributed by atoms with E-state index in [1.165, 1.54) is 12.1 Å². The van der Waals surface area contributed by atoms with Gasteiger partial charge in [-0.15, -0.1) is 0 Å². The molecule has 0 amide bonds. The molecule has 1 aliphatic heterocycles. The fraction of sp³-hybridized carbons (Fsp3) is 0.276. The summed E-state index contributed by atoms with van der Waals surface area (Å²) in [6.07, 6.45) is 4.63. The number of carboxylic acids is 1. The number of carboxylic acid groups (broad SMARTS) is 1. The van der Waals surface area contributed by atoms with E-state index in [-0.39, 0.29) is 39.3 Å². The number of pyridine rings is 1. The van der Waals surface area contributed by atoms with Crippen molar-refractivity contribution in [2.75, 3.05) is 0 Å². The van der Waals surface area contributed by atoms with Crippen LogP contribution in [0.4, 0.5) is 0 Å². The first kappa shape index (κ1) is 24.3. The topological polar surface area (TPSA) is 115 Å². The van der Waals surface area contributed by atoms with Gasteiger partial charge in [-0.1, -0.05) is 34.4 Å². The molecule has 0 radical (unpaired) electrons. The van der Waals surface area contributed by atoms with E-state index in [0.717, 1.165) is 48.3 Å². The molecule has 1 spiro atoms. The maximum atomic E-state index is 11.5. The van der Waals surface area contributed by atoms with Crippen molar-refractivity contribution >= 4 is 29.2 Å². The van der Waals surface area contributed by atoms with E-state index in [1.54, 1.807) is 18.2 Å². The maximum Gasteiger partial charge on any atom is 0.335 e. The molecule has 0 atom stereocenters. The highest BCUT2D eigenvalue weighted by Crippen LogP contribution is 2.56. The van der Waals surface area contributed by atoms with E-state index in [9.17, 15) is 15.0 Å². The number of aromatic carboxylic acids is 1. The molecule has 0 unspecified atom stereocenters. The molecule has 2 aromatic heterocycles. The van der Waals surface area contributed by atoms with Gasteiger partial charge >= 0.3 is 5.97 Å². The molecular weight excluding hydrogens is 543 g/mol. The van der Waals surface area contributed by atoms with Crippen LogP contribution >= 0.6 is 23.2 Å². The van der Waals surface area contributed by atoms with E-state index < -0.39 is 5.97 Å². The van der Waals surface area contributed by atoms with Crippen LogP contribution in [0.15, 0.2) is 47.0 Å². The predicted molar refractivity (Wildman–Crippen MR) is 142 cm³/mol.